The van der Waals surface area contributed by atoms with E-state index in [1.807, 2.05) is 0 Å². The van der Waals surface area contributed by atoms with Crippen molar-refractivity contribution in [2.75, 3.05) is 34.5 Å². The fraction of sp³-hybridized carbons (Fsp3) is 0.217. The van der Waals surface area contributed by atoms with Crippen molar-refractivity contribution < 1.29 is 23.7 Å². The van der Waals surface area contributed by atoms with Gasteiger partial charge in [-0.25, -0.2) is 0 Å². The summed E-state index contributed by atoms with van der Waals surface area (Å²) >= 11 is 0. The minimum atomic E-state index is -0.198. The van der Waals surface area contributed by atoms with Crippen molar-refractivity contribution in [1.82, 2.24) is 25.1 Å². The van der Waals surface area contributed by atoms with Crippen LogP contribution in [0.5, 0.6) is 23.1 Å². The van der Waals surface area contributed by atoms with Gasteiger partial charge < -0.3 is 24.3 Å². The molecule has 0 saturated heterocycles. The van der Waals surface area contributed by atoms with Crippen LogP contribution in [0.3, 0.4) is 0 Å². The number of fused-ring (bicyclic) bond motifs is 1. The number of hydrogen-bond acceptors (Lipinski definition) is 8. The second-order valence-electron chi connectivity index (χ2n) is 6.86. The Hall–Kier alpha value is -4.34. The van der Waals surface area contributed by atoms with E-state index in [1.54, 1.807) is 80.4 Å². The Kier molecular flexibility index (Phi) is 6.53. The van der Waals surface area contributed by atoms with Gasteiger partial charge in [0.1, 0.15) is 23.9 Å². The van der Waals surface area contributed by atoms with Crippen LogP contribution in [-0.2, 0) is 0 Å². The van der Waals surface area contributed by atoms with Crippen molar-refractivity contribution in [3.8, 4) is 34.5 Å². The summed E-state index contributed by atoms with van der Waals surface area (Å²) in [6.45, 7) is 0.545. The molecule has 0 spiro atoms. The van der Waals surface area contributed by atoms with Gasteiger partial charge in [-0.15, -0.1) is 15.3 Å². The smallest absolute Gasteiger partial charge is 0.251 e. The van der Waals surface area contributed by atoms with E-state index >= 15 is 0 Å². The quantitative estimate of drug-likeness (QED) is 0.389. The predicted octanol–water partition coefficient (Wildman–Crippen LogP) is 2.63. The Labute approximate surface area is 190 Å². The lowest BCUT2D eigenvalue weighted by Gasteiger charge is -2.10. The zero-order chi connectivity index (χ0) is 23.2. The van der Waals surface area contributed by atoms with Crippen LogP contribution in [0.2, 0.25) is 0 Å². The van der Waals surface area contributed by atoms with E-state index in [4.69, 9.17) is 18.9 Å². The van der Waals surface area contributed by atoms with E-state index < -0.39 is 0 Å². The Morgan fingerprint density at radius 3 is 2.39 bits per heavy atom. The lowest BCUT2D eigenvalue weighted by atomic mass is 10.2. The van der Waals surface area contributed by atoms with Gasteiger partial charge in [0.05, 0.1) is 33.4 Å². The van der Waals surface area contributed by atoms with Crippen LogP contribution in [0, 0.1) is 0 Å². The number of hydrogen-bond donors (Lipinski definition) is 1. The molecule has 1 amide bonds. The lowest BCUT2D eigenvalue weighted by molar-refractivity contribution is 0.0946. The van der Waals surface area contributed by atoms with Crippen LogP contribution in [0.1, 0.15) is 10.4 Å². The Bertz CT molecular complexity index is 1260. The van der Waals surface area contributed by atoms with E-state index in [0.717, 1.165) is 0 Å². The van der Waals surface area contributed by atoms with Crippen LogP contribution >= 0.6 is 0 Å². The van der Waals surface area contributed by atoms with Gasteiger partial charge >= 0.3 is 0 Å². The highest BCUT2D eigenvalue weighted by Crippen LogP contribution is 2.32. The number of methoxy groups -OCH3 is 3. The Morgan fingerprint density at radius 1 is 0.909 bits per heavy atom. The molecule has 0 aliphatic rings. The first kappa shape index (κ1) is 21.9. The van der Waals surface area contributed by atoms with Crippen molar-refractivity contribution in [2.24, 2.45) is 0 Å². The fourth-order valence-corrected chi connectivity index (χ4v) is 3.17. The predicted molar refractivity (Wildman–Crippen MR) is 120 cm³/mol. The van der Waals surface area contributed by atoms with Gasteiger partial charge in [-0.2, -0.15) is 4.52 Å². The van der Waals surface area contributed by atoms with Gasteiger partial charge in [0.15, 0.2) is 11.5 Å². The van der Waals surface area contributed by atoms with Crippen molar-refractivity contribution >= 4 is 11.6 Å². The maximum absolute atomic E-state index is 12.2. The normalized spacial score (nSPS) is 10.6. The van der Waals surface area contributed by atoms with Crippen LogP contribution in [0.25, 0.3) is 17.0 Å². The zero-order valence-electron chi connectivity index (χ0n) is 18.4. The van der Waals surface area contributed by atoms with Crippen LogP contribution in [0.4, 0.5) is 0 Å². The van der Waals surface area contributed by atoms with Crippen molar-refractivity contribution in [1.29, 1.82) is 0 Å². The van der Waals surface area contributed by atoms with Gasteiger partial charge in [-0.3, -0.25) is 4.79 Å². The third kappa shape index (κ3) is 4.79. The summed E-state index contributed by atoms with van der Waals surface area (Å²) in [5.74, 6) is 2.61. The Morgan fingerprint density at radius 2 is 1.67 bits per heavy atom. The number of aromatic nitrogens is 4. The molecular formula is C23H23N5O5. The number of benzene rings is 2. The molecule has 0 aliphatic heterocycles. The van der Waals surface area contributed by atoms with Crippen molar-refractivity contribution in [2.45, 2.75) is 0 Å². The molecule has 0 saturated carbocycles. The molecule has 0 unspecified atom stereocenters. The largest absolute Gasteiger partial charge is 0.497 e. The van der Waals surface area contributed by atoms with Gasteiger partial charge in [0.25, 0.3) is 5.91 Å². The number of ether oxygens (including phenoxy) is 4. The summed E-state index contributed by atoms with van der Waals surface area (Å²) in [5.41, 5.74) is 1.77. The van der Waals surface area contributed by atoms with E-state index in [1.165, 1.54) is 0 Å². The molecule has 0 fully saturated rings. The SMILES string of the molecule is COc1ccc(C(=O)NCCOc2ccc3nnc(-c4cc(OC)ccc4OC)n3n2)cc1. The van der Waals surface area contributed by atoms with Gasteiger partial charge in [-0.05, 0) is 48.5 Å². The number of rotatable bonds is 9. The van der Waals surface area contributed by atoms with Crippen LogP contribution in [0.15, 0.2) is 54.6 Å². The van der Waals surface area contributed by atoms with Gasteiger partial charge in [0, 0.05) is 11.6 Å². The summed E-state index contributed by atoms with van der Waals surface area (Å²) in [7, 11) is 4.75. The van der Waals surface area contributed by atoms with E-state index in [2.05, 4.69) is 20.6 Å². The summed E-state index contributed by atoms with van der Waals surface area (Å²) in [5, 5.41) is 15.7. The lowest BCUT2D eigenvalue weighted by Crippen LogP contribution is -2.28. The molecule has 33 heavy (non-hydrogen) atoms. The topological polar surface area (TPSA) is 109 Å². The molecule has 0 atom stereocenters. The molecule has 4 rings (SSSR count). The number of nitrogens with one attached hydrogen (secondary N) is 1. The zero-order valence-corrected chi connectivity index (χ0v) is 18.4. The number of amides is 1. The maximum atomic E-state index is 12.2. The molecule has 4 aromatic rings. The fourth-order valence-electron chi connectivity index (χ4n) is 3.17. The highest BCUT2D eigenvalue weighted by Gasteiger charge is 2.16. The minimum absolute atomic E-state index is 0.198. The van der Waals surface area contributed by atoms with Gasteiger partial charge in [0.2, 0.25) is 5.88 Å². The van der Waals surface area contributed by atoms with Crippen molar-refractivity contribution in [3.63, 3.8) is 0 Å². The van der Waals surface area contributed by atoms with E-state index in [0.29, 0.717) is 52.3 Å². The first-order valence-corrected chi connectivity index (χ1v) is 10.1. The summed E-state index contributed by atoms with van der Waals surface area (Å²) in [6, 6.07) is 15.7. The molecule has 2 heterocycles. The summed E-state index contributed by atoms with van der Waals surface area (Å²) < 4.78 is 23.2. The maximum Gasteiger partial charge on any atom is 0.251 e. The molecule has 170 valence electrons. The highest BCUT2D eigenvalue weighted by molar-refractivity contribution is 5.94. The molecular weight excluding hydrogens is 426 g/mol. The molecule has 1 N–H and O–H groups in total. The molecule has 0 aliphatic carbocycles. The molecule has 0 bridgehead atoms. The number of carbonyl (C=O) groups is 1. The van der Waals surface area contributed by atoms with Gasteiger partial charge in [-0.1, -0.05) is 0 Å². The molecule has 2 aromatic heterocycles. The van der Waals surface area contributed by atoms with Crippen LogP contribution in [-0.4, -0.2) is 60.2 Å². The van der Waals surface area contributed by atoms with Crippen LogP contribution < -0.4 is 24.3 Å². The monoisotopic (exact) mass is 449 g/mol. The molecule has 10 heteroatoms. The average Bonchev–Trinajstić information content (AvgIpc) is 3.29. The number of nitrogens with zero attached hydrogens (tertiary/aromatic N) is 4. The summed E-state index contributed by atoms with van der Waals surface area (Å²) in [6.07, 6.45) is 0. The van der Waals surface area contributed by atoms with E-state index in [-0.39, 0.29) is 12.5 Å². The third-order valence-electron chi connectivity index (χ3n) is 4.88. The second-order valence-corrected chi connectivity index (χ2v) is 6.86. The molecule has 2 aromatic carbocycles. The third-order valence-corrected chi connectivity index (χ3v) is 4.88. The second kappa shape index (κ2) is 9.86. The standard InChI is InChI=1S/C23H23N5O5/c1-30-16-6-4-15(5-7-16)23(29)24-12-13-33-21-11-10-20-25-26-22(28(20)27-21)18-14-17(31-2)8-9-19(18)32-3/h4-11,14H,12-13H2,1-3H3,(H,24,29). The molecule has 0 radical (unpaired) electrons. The Balaban J connectivity index is 1.44. The first-order chi connectivity index (χ1) is 16.1. The average molecular weight is 449 g/mol. The summed E-state index contributed by atoms with van der Waals surface area (Å²) in [4.78, 5) is 12.2. The van der Waals surface area contributed by atoms with Crippen molar-refractivity contribution in [3.05, 3.63) is 60.2 Å². The number of carbonyl (C=O) groups excluding carboxylic acids is 1. The molecule has 10 nitrogen and oxygen atoms in total. The highest BCUT2D eigenvalue weighted by atomic mass is 16.5. The minimum Gasteiger partial charge on any atom is -0.497 e. The van der Waals surface area contributed by atoms with E-state index in [9.17, 15) is 4.79 Å². The first-order valence-electron chi connectivity index (χ1n) is 10.1.